The van der Waals surface area contributed by atoms with E-state index < -0.39 is 0 Å². The number of hydrogen-bond donors (Lipinski definition) is 0. The molecule has 0 aliphatic heterocycles. The Morgan fingerprint density at radius 2 is 2.10 bits per heavy atom. The molecule has 21 heavy (non-hydrogen) atoms. The molecule has 1 heteroatoms. The molecule has 0 spiro atoms. The highest BCUT2D eigenvalue weighted by Crippen LogP contribution is 2.63. The van der Waals surface area contributed by atoms with Crippen LogP contribution in [0.2, 0.25) is 0 Å². The number of hydrogen-bond acceptors (Lipinski definition) is 1. The van der Waals surface area contributed by atoms with E-state index in [-0.39, 0.29) is 16.6 Å². The van der Waals surface area contributed by atoms with Gasteiger partial charge < -0.3 is 0 Å². The largest absolute Gasteiger partial charge is 0.294 e. The van der Waals surface area contributed by atoms with Crippen LogP contribution in [0.5, 0.6) is 0 Å². The molecule has 3 aliphatic rings. The molecular formula is C20H30O. The third-order valence-corrected chi connectivity index (χ3v) is 7.01. The summed E-state index contributed by atoms with van der Waals surface area (Å²) in [4.78, 5) is 12.6. The Morgan fingerprint density at radius 3 is 2.81 bits per heavy atom. The van der Waals surface area contributed by atoms with Gasteiger partial charge >= 0.3 is 0 Å². The minimum Gasteiger partial charge on any atom is -0.294 e. The highest BCUT2D eigenvalue weighted by molar-refractivity contribution is 5.94. The second-order valence-corrected chi connectivity index (χ2v) is 8.32. The van der Waals surface area contributed by atoms with Crippen molar-refractivity contribution in [1.29, 1.82) is 0 Å². The third-order valence-electron chi connectivity index (χ3n) is 7.01. The lowest BCUT2D eigenvalue weighted by atomic mass is 9.46. The predicted molar refractivity (Wildman–Crippen MR) is 88.0 cm³/mol. The van der Waals surface area contributed by atoms with Crippen molar-refractivity contribution in [2.24, 2.45) is 28.6 Å². The van der Waals surface area contributed by atoms with Gasteiger partial charge in [-0.1, -0.05) is 45.4 Å². The molecule has 3 aliphatic carbocycles. The summed E-state index contributed by atoms with van der Waals surface area (Å²) < 4.78 is 0. The number of ketones is 1. The monoisotopic (exact) mass is 286 g/mol. The van der Waals surface area contributed by atoms with Crippen LogP contribution >= 0.6 is 0 Å². The van der Waals surface area contributed by atoms with E-state index in [0.717, 1.165) is 18.3 Å². The van der Waals surface area contributed by atoms with Crippen LogP contribution in [0.15, 0.2) is 24.3 Å². The van der Waals surface area contributed by atoms with E-state index in [9.17, 15) is 4.79 Å². The van der Waals surface area contributed by atoms with Crippen molar-refractivity contribution in [3.8, 4) is 0 Å². The first kappa shape index (κ1) is 15.1. The Balaban J connectivity index is 2.00. The Morgan fingerprint density at radius 1 is 1.33 bits per heavy atom. The molecule has 0 N–H and O–H groups in total. The van der Waals surface area contributed by atoms with Gasteiger partial charge in [-0.2, -0.15) is 0 Å². The standard InChI is InChI=1S/C20H30O/c1-5-18(21)20(4)12-6-11-19(3)16-9-7-14(2)13-15(16)8-10-17(19)20/h5,9,14-15,17H,1,6-8,10-13H2,2-4H3/t14-,15?,17?,19+,20-/m1/s1. The van der Waals surface area contributed by atoms with Crippen LogP contribution in [-0.2, 0) is 4.79 Å². The summed E-state index contributed by atoms with van der Waals surface area (Å²) in [5, 5.41) is 0. The SMILES string of the molecule is C=CC(=O)[C@]1(C)CCC[C@@]2(C)C3=CC[C@@H](C)CC3CCC12. The summed E-state index contributed by atoms with van der Waals surface area (Å²) in [6, 6.07) is 0. The molecule has 0 aromatic rings. The van der Waals surface area contributed by atoms with E-state index in [1.807, 2.05) is 0 Å². The molecule has 0 aromatic heterocycles. The van der Waals surface area contributed by atoms with Crippen molar-refractivity contribution in [2.45, 2.75) is 65.7 Å². The molecule has 0 amide bonds. The molecule has 2 unspecified atom stereocenters. The van der Waals surface area contributed by atoms with Gasteiger partial charge in [0, 0.05) is 5.41 Å². The minimum atomic E-state index is -0.177. The molecule has 2 fully saturated rings. The Kier molecular flexibility index (Phi) is 3.66. The number of rotatable bonds is 2. The quantitative estimate of drug-likeness (QED) is 0.496. The zero-order valence-electron chi connectivity index (χ0n) is 14.0. The Hall–Kier alpha value is -0.850. The van der Waals surface area contributed by atoms with Gasteiger partial charge in [-0.25, -0.2) is 0 Å². The first-order chi connectivity index (χ1) is 9.91. The maximum absolute atomic E-state index is 12.6. The highest BCUT2D eigenvalue weighted by Gasteiger charge is 2.56. The molecule has 0 saturated heterocycles. The maximum atomic E-state index is 12.6. The first-order valence-electron chi connectivity index (χ1n) is 8.79. The van der Waals surface area contributed by atoms with Crippen molar-refractivity contribution in [3.05, 3.63) is 24.3 Å². The molecule has 0 radical (unpaired) electrons. The van der Waals surface area contributed by atoms with Gasteiger partial charge in [0.05, 0.1) is 0 Å². The zero-order valence-corrected chi connectivity index (χ0v) is 14.0. The topological polar surface area (TPSA) is 17.1 Å². The second kappa shape index (κ2) is 5.11. The van der Waals surface area contributed by atoms with Crippen LogP contribution < -0.4 is 0 Å². The Labute approximate surface area is 129 Å². The van der Waals surface area contributed by atoms with Crippen molar-refractivity contribution in [1.82, 2.24) is 0 Å². The van der Waals surface area contributed by atoms with Gasteiger partial charge in [-0.05, 0) is 67.8 Å². The van der Waals surface area contributed by atoms with E-state index >= 15 is 0 Å². The van der Waals surface area contributed by atoms with Gasteiger partial charge in [0.1, 0.15) is 0 Å². The van der Waals surface area contributed by atoms with E-state index in [1.165, 1.54) is 38.5 Å². The first-order valence-corrected chi connectivity index (χ1v) is 8.79. The van der Waals surface area contributed by atoms with Crippen molar-refractivity contribution in [3.63, 3.8) is 0 Å². The lowest BCUT2D eigenvalue weighted by molar-refractivity contribution is -0.134. The molecule has 0 aromatic carbocycles. The number of allylic oxidation sites excluding steroid dienone is 3. The van der Waals surface area contributed by atoms with Crippen LogP contribution in [0.1, 0.15) is 65.7 Å². The van der Waals surface area contributed by atoms with Crippen LogP contribution in [0.4, 0.5) is 0 Å². The van der Waals surface area contributed by atoms with Crippen LogP contribution in [0.25, 0.3) is 0 Å². The fraction of sp³-hybridized carbons (Fsp3) is 0.750. The van der Waals surface area contributed by atoms with E-state index in [1.54, 1.807) is 11.6 Å². The second-order valence-electron chi connectivity index (χ2n) is 8.32. The van der Waals surface area contributed by atoms with E-state index in [4.69, 9.17) is 0 Å². The molecule has 116 valence electrons. The summed E-state index contributed by atoms with van der Waals surface area (Å²) in [6.07, 6.45) is 12.7. The van der Waals surface area contributed by atoms with Gasteiger partial charge in [-0.15, -0.1) is 0 Å². The summed E-state index contributed by atoms with van der Waals surface area (Å²) >= 11 is 0. The summed E-state index contributed by atoms with van der Waals surface area (Å²) in [5.41, 5.74) is 1.79. The summed E-state index contributed by atoms with van der Waals surface area (Å²) in [7, 11) is 0. The fourth-order valence-corrected chi connectivity index (χ4v) is 5.93. The van der Waals surface area contributed by atoms with Crippen molar-refractivity contribution >= 4 is 5.78 Å². The van der Waals surface area contributed by atoms with Crippen LogP contribution in [0, 0.1) is 28.6 Å². The molecule has 1 nitrogen and oxygen atoms in total. The molecule has 0 heterocycles. The van der Waals surface area contributed by atoms with Gasteiger partial charge in [-0.3, -0.25) is 4.79 Å². The molecule has 3 rings (SSSR count). The van der Waals surface area contributed by atoms with Crippen molar-refractivity contribution in [2.75, 3.05) is 0 Å². The van der Waals surface area contributed by atoms with E-state index in [2.05, 4.69) is 33.4 Å². The minimum absolute atomic E-state index is 0.177. The number of carbonyl (C=O) groups excluding carboxylic acids is 1. The molecule has 2 saturated carbocycles. The normalized spacial score (nSPS) is 46.0. The fourth-order valence-electron chi connectivity index (χ4n) is 5.93. The molecule has 0 bridgehead atoms. The molecular weight excluding hydrogens is 256 g/mol. The van der Waals surface area contributed by atoms with Crippen LogP contribution in [0.3, 0.4) is 0 Å². The predicted octanol–water partition coefficient (Wildman–Crippen LogP) is 5.32. The van der Waals surface area contributed by atoms with Gasteiger partial charge in [0.15, 0.2) is 5.78 Å². The average Bonchev–Trinajstić information content (AvgIpc) is 2.45. The van der Waals surface area contributed by atoms with E-state index in [0.29, 0.717) is 5.92 Å². The third kappa shape index (κ3) is 2.15. The van der Waals surface area contributed by atoms with Crippen molar-refractivity contribution < 1.29 is 4.79 Å². The maximum Gasteiger partial charge on any atom is 0.161 e. The van der Waals surface area contributed by atoms with Gasteiger partial charge in [0.25, 0.3) is 0 Å². The average molecular weight is 286 g/mol. The number of fused-ring (bicyclic) bond motifs is 3. The van der Waals surface area contributed by atoms with Crippen LogP contribution in [-0.4, -0.2) is 5.78 Å². The lowest BCUT2D eigenvalue weighted by Gasteiger charge is -2.58. The highest BCUT2D eigenvalue weighted by atomic mass is 16.1. The lowest BCUT2D eigenvalue weighted by Crippen LogP contribution is -2.52. The summed E-state index contributed by atoms with van der Waals surface area (Å²) in [6.45, 7) is 10.8. The number of carbonyl (C=O) groups is 1. The molecule has 5 atom stereocenters. The Bertz CT molecular complexity index is 488. The smallest absolute Gasteiger partial charge is 0.161 e. The van der Waals surface area contributed by atoms with Gasteiger partial charge in [0.2, 0.25) is 0 Å². The summed E-state index contributed by atoms with van der Waals surface area (Å²) in [5.74, 6) is 2.42. The zero-order chi connectivity index (χ0) is 15.3.